The van der Waals surface area contributed by atoms with E-state index < -0.39 is 23.7 Å². The number of hydrogen-bond acceptors (Lipinski definition) is 4. The average Bonchev–Trinajstić information content (AvgIpc) is 3.08. The summed E-state index contributed by atoms with van der Waals surface area (Å²) < 4.78 is 43.3. The first kappa shape index (κ1) is 19.5. The first-order chi connectivity index (χ1) is 12.3. The van der Waals surface area contributed by atoms with Crippen molar-refractivity contribution in [3.05, 3.63) is 53.9 Å². The third kappa shape index (κ3) is 5.61. The van der Waals surface area contributed by atoms with Gasteiger partial charge in [0.25, 0.3) is 0 Å². The van der Waals surface area contributed by atoms with Crippen molar-refractivity contribution in [1.29, 1.82) is 0 Å². The van der Waals surface area contributed by atoms with Gasteiger partial charge in [0.2, 0.25) is 5.91 Å². The molecule has 2 aromatic rings. The van der Waals surface area contributed by atoms with Gasteiger partial charge in [-0.2, -0.15) is 18.3 Å². The number of halogens is 3. The van der Waals surface area contributed by atoms with Crippen LogP contribution in [0.15, 0.2) is 42.6 Å². The maximum absolute atomic E-state index is 12.6. The number of hydrogen-bond donors (Lipinski definition) is 0. The molecule has 1 heterocycles. The SMILES string of the molecule is COC(=O)CCN(Cc1ccccc1)C(=O)Cn1ccc(C(F)(F)F)n1. The zero-order valence-corrected chi connectivity index (χ0v) is 14.1. The van der Waals surface area contributed by atoms with Crippen molar-refractivity contribution in [2.75, 3.05) is 13.7 Å². The molecule has 140 valence electrons. The summed E-state index contributed by atoms with van der Waals surface area (Å²) in [6, 6.07) is 9.88. The van der Waals surface area contributed by atoms with E-state index in [9.17, 15) is 22.8 Å². The molecule has 0 bridgehead atoms. The fourth-order valence-electron chi connectivity index (χ4n) is 2.26. The number of ether oxygens (including phenoxy) is 1. The van der Waals surface area contributed by atoms with Crippen LogP contribution in [0.25, 0.3) is 0 Å². The van der Waals surface area contributed by atoms with Crippen LogP contribution in [0.5, 0.6) is 0 Å². The molecule has 0 fully saturated rings. The van der Waals surface area contributed by atoms with Crippen LogP contribution < -0.4 is 0 Å². The van der Waals surface area contributed by atoms with E-state index in [4.69, 9.17) is 0 Å². The Morgan fingerprint density at radius 3 is 2.46 bits per heavy atom. The van der Waals surface area contributed by atoms with Gasteiger partial charge in [-0.1, -0.05) is 30.3 Å². The van der Waals surface area contributed by atoms with Gasteiger partial charge in [0.15, 0.2) is 5.69 Å². The molecule has 0 spiro atoms. The summed E-state index contributed by atoms with van der Waals surface area (Å²) in [5.41, 5.74) is -0.225. The molecule has 0 radical (unpaired) electrons. The van der Waals surface area contributed by atoms with Crippen LogP contribution in [-0.4, -0.2) is 40.2 Å². The number of benzene rings is 1. The molecule has 0 aliphatic rings. The Kier molecular flexibility index (Phi) is 6.37. The summed E-state index contributed by atoms with van der Waals surface area (Å²) in [5.74, 6) is -0.927. The lowest BCUT2D eigenvalue weighted by Crippen LogP contribution is -2.35. The molecule has 6 nitrogen and oxygen atoms in total. The Morgan fingerprint density at radius 2 is 1.88 bits per heavy atom. The second kappa shape index (κ2) is 8.50. The second-order valence-electron chi connectivity index (χ2n) is 5.52. The van der Waals surface area contributed by atoms with Crippen molar-refractivity contribution < 1.29 is 27.5 Å². The van der Waals surface area contributed by atoms with Crippen molar-refractivity contribution >= 4 is 11.9 Å². The van der Waals surface area contributed by atoms with E-state index >= 15 is 0 Å². The maximum Gasteiger partial charge on any atom is 0.435 e. The minimum atomic E-state index is -4.57. The number of rotatable bonds is 7. The highest BCUT2D eigenvalue weighted by molar-refractivity contribution is 5.77. The second-order valence-corrected chi connectivity index (χ2v) is 5.52. The standard InChI is InChI=1S/C17H18F3N3O3/c1-26-16(25)8-9-22(11-13-5-3-2-4-6-13)15(24)12-23-10-7-14(21-23)17(18,19)20/h2-7,10H,8-9,11-12H2,1H3. The van der Waals surface area contributed by atoms with Crippen molar-refractivity contribution in [3.8, 4) is 0 Å². The van der Waals surface area contributed by atoms with Crippen molar-refractivity contribution in [3.63, 3.8) is 0 Å². The van der Waals surface area contributed by atoms with Crippen LogP contribution in [0.3, 0.4) is 0 Å². The number of alkyl halides is 3. The lowest BCUT2D eigenvalue weighted by Gasteiger charge is -2.22. The molecule has 0 aliphatic heterocycles. The highest BCUT2D eigenvalue weighted by Crippen LogP contribution is 2.27. The van der Waals surface area contributed by atoms with Gasteiger partial charge in [0, 0.05) is 19.3 Å². The van der Waals surface area contributed by atoms with Crippen LogP contribution in [0.1, 0.15) is 17.7 Å². The molecule has 0 atom stereocenters. The highest BCUT2D eigenvalue weighted by atomic mass is 19.4. The van der Waals surface area contributed by atoms with Gasteiger partial charge in [0.1, 0.15) is 6.54 Å². The third-order valence-electron chi connectivity index (χ3n) is 3.61. The molecule has 9 heteroatoms. The lowest BCUT2D eigenvalue weighted by molar-refractivity contribution is -0.143. The molecular formula is C17H18F3N3O3. The Hall–Kier alpha value is -2.84. The topological polar surface area (TPSA) is 64.4 Å². The number of nitrogens with zero attached hydrogens (tertiary/aromatic N) is 3. The summed E-state index contributed by atoms with van der Waals surface area (Å²) in [5, 5.41) is 3.37. The number of esters is 1. The van der Waals surface area contributed by atoms with Gasteiger partial charge >= 0.3 is 12.1 Å². The number of amides is 1. The summed E-state index contributed by atoms with van der Waals surface area (Å²) in [7, 11) is 1.24. The Morgan fingerprint density at radius 1 is 1.19 bits per heavy atom. The van der Waals surface area contributed by atoms with Gasteiger partial charge < -0.3 is 9.64 Å². The molecular weight excluding hydrogens is 351 g/mol. The van der Waals surface area contributed by atoms with Crippen LogP contribution in [0.4, 0.5) is 13.2 Å². The van der Waals surface area contributed by atoms with E-state index in [1.165, 1.54) is 12.0 Å². The normalized spacial score (nSPS) is 11.2. The number of carbonyl (C=O) groups excluding carboxylic acids is 2. The molecule has 1 amide bonds. The van der Waals surface area contributed by atoms with E-state index in [1.807, 2.05) is 18.2 Å². The number of methoxy groups -OCH3 is 1. The number of carbonyl (C=O) groups is 2. The van der Waals surface area contributed by atoms with Crippen LogP contribution in [-0.2, 0) is 33.6 Å². The van der Waals surface area contributed by atoms with E-state index in [0.717, 1.165) is 22.5 Å². The van der Waals surface area contributed by atoms with Gasteiger partial charge in [-0.05, 0) is 11.6 Å². The molecule has 1 aromatic heterocycles. The molecule has 0 saturated carbocycles. The fraction of sp³-hybridized carbons (Fsp3) is 0.353. The minimum absolute atomic E-state index is 0.0119. The molecule has 1 aromatic carbocycles. The zero-order chi connectivity index (χ0) is 19.2. The predicted octanol–water partition coefficient (Wildman–Crippen LogP) is 2.49. The monoisotopic (exact) mass is 369 g/mol. The highest BCUT2D eigenvalue weighted by Gasteiger charge is 2.33. The number of aromatic nitrogens is 2. The quantitative estimate of drug-likeness (QED) is 0.704. The van der Waals surface area contributed by atoms with Crippen LogP contribution in [0, 0.1) is 0 Å². The smallest absolute Gasteiger partial charge is 0.435 e. The van der Waals surface area contributed by atoms with Crippen molar-refractivity contribution in [2.24, 2.45) is 0 Å². The summed E-state index contributed by atoms with van der Waals surface area (Å²) in [6.45, 7) is -0.0397. The largest absolute Gasteiger partial charge is 0.469 e. The van der Waals surface area contributed by atoms with Gasteiger partial charge in [-0.15, -0.1) is 0 Å². The molecule has 0 aliphatic carbocycles. The molecule has 0 saturated heterocycles. The minimum Gasteiger partial charge on any atom is -0.469 e. The Balaban J connectivity index is 2.08. The van der Waals surface area contributed by atoms with E-state index in [0.29, 0.717) is 0 Å². The first-order valence-electron chi connectivity index (χ1n) is 7.79. The maximum atomic E-state index is 12.6. The Labute approximate surface area is 148 Å². The summed E-state index contributed by atoms with van der Waals surface area (Å²) in [6.07, 6.45) is -3.48. The average molecular weight is 369 g/mol. The zero-order valence-electron chi connectivity index (χ0n) is 14.1. The van der Waals surface area contributed by atoms with Gasteiger partial charge in [0.05, 0.1) is 13.5 Å². The molecule has 26 heavy (non-hydrogen) atoms. The lowest BCUT2D eigenvalue weighted by atomic mass is 10.2. The Bertz CT molecular complexity index is 744. The van der Waals surface area contributed by atoms with E-state index in [-0.39, 0.29) is 26.1 Å². The van der Waals surface area contributed by atoms with Gasteiger partial charge in [-0.3, -0.25) is 14.3 Å². The van der Waals surface area contributed by atoms with Crippen molar-refractivity contribution in [1.82, 2.24) is 14.7 Å². The van der Waals surface area contributed by atoms with Crippen LogP contribution in [0.2, 0.25) is 0 Å². The third-order valence-corrected chi connectivity index (χ3v) is 3.61. The van der Waals surface area contributed by atoms with Crippen molar-refractivity contribution in [2.45, 2.75) is 25.7 Å². The molecule has 0 N–H and O–H groups in total. The van der Waals surface area contributed by atoms with Gasteiger partial charge in [-0.25, -0.2) is 0 Å². The summed E-state index contributed by atoms with van der Waals surface area (Å²) in [4.78, 5) is 25.3. The summed E-state index contributed by atoms with van der Waals surface area (Å²) >= 11 is 0. The van der Waals surface area contributed by atoms with E-state index in [2.05, 4.69) is 9.84 Å². The molecule has 0 unspecified atom stereocenters. The predicted molar refractivity (Wildman–Crippen MR) is 85.7 cm³/mol. The van der Waals surface area contributed by atoms with Crippen LogP contribution >= 0.6 is 0 Å². The van der Waals surface area contributed by atoms with E-state index in [1.54, 1.807) is 12.1 Å². The molecule has 2 rings (SSSR count). The fourth-order valence-corrected chi connectivity index (χ4v) is 2.26. The first-order valence-corrected chi connectivity index (χ1v) is 7.79.